The summed E-state index contributed by atoms with van der Waals surface area (Å²) < 4.78 is 30.6. The van der Waals surface area contributed by atoms with E-state index < -0.39 is 5.60 Å². The van der Waals surface area contributed by atoms with Crippen molar-refractivity contribution in [1.82, 2.24) is 4.90 Å². The van der Waals surface area contributed by atoms with Gasteiger partial charge in [0.2, 0.25) is 0 Å². The number of methoxy groups -OCH3 is 1. The minimum Gasteiger partial charge on any atom is -0.497 e. The maximum atomic E-state index is 14.4. The molecule has 0 aliphatic carbocycles. The first kappa shape index (κ1) is 17.7. The van der Waals surface area contributed by atoms with Gasteiger partial charge in [-0.25, -0.2) is 9.18 Å². The van der Waals surface area contributed by atoms with Crippen molar-refractivity contribution in [2.75, 3.05) is 20.3 Å². The summed E-state index contributed by atoms with van der Waals surface area (Å²) in [4.78, 5) is 14.3. The number of rotatable bonds is 2. The van der Waals surface area contributed by atoms with Crippen molar-refractivity contribution in [3.63, 3.8) is 0 Å². The number of morpholine rings is 1. The number of fused-ring (bicyclic) bond motifs is 2. The zero-order chi connectivity index (χ0) is 18.2. The Kier molecular flexibility index (Phi) is 4.73. The summed E-state index contributed by atoms with van der Waals surface area (Å²) in [7, 11) is 1.51. The van der Waals surface area contributed by atoms with Crippen LogP contribution in [0.15, 0.2) is 24.3 Å². The zero-order valence-electron chi connectivity index (χ0n) is 15.0. The predicted octanol–water partition coefficient (Wildman–Crippen LogP) is 3.63. The van der Waals surface area contributed by atoms with Gasteiger partial charge in [0.05, 0.1) is 32.4 Å². The van der Waals surface area contributed by atoms with Gasteiger partial charge in [-0.05, 0) is 44.9 Å². The third kappa shape index (κ3) is 3.79. The second kappa shape index (κ2) is 6.67. The highest BCUT2D eigenvalue weighted by atomic mass is 19.1. The van der Waals surface area contributed by atoms with E-state index in [0.717, 1.165) is 5.57 Å². The molecule has 136 valence electrons. The first-order valence-electron chi connectivity index (χ1n) is 8.42. The number of hydrogen-bond acceptors (Lipinski definition) is 4. The van der Waals surface area contributed by atoms with E-state index in [1.54, 1.807) is 17.0 Å². The summed E-state index contributed by atoms with van der Waals surface area (Å²) in [6.45, 7) is 6.33. The molecule has 2 aliphatic heterocycles. The third-order valence-electron chi connectivity index (χ3n) is 4.33. The number of halogens is 1. The topological polar surface area (TPSA) is 48.0 Å². The van der Waals surface area contributed by atoms with Crippen LogP contribution in [0.4, 0.5) is 9.18 Å². The Bertz CT molecular complexity index is 695. The lowest BCUT2D eigenvalue weighted by Crippen LogP contribution is -2.57. The molecule has 2 unspecified atom stereocenters. The molecule has 2 aliphatic rings. The Balaban J connectivity index is 1.87. The van der Waals surface area contributed by atoms with Gasteiger partial charge in [0.1, 0.15) is 17.2 Å². The Labute approximate surface area is 147 Å². The standard InChI is InChI=1S/C19H24FNO4/c1-19(2,3)25-18(22)21-13-7-12(8-14(21)11-24-10-13)16-6-5-15(23-4)9-17(16)20/h5-7,9,13-14H,8,10-11H2,1-4H3. The van der Waals surface area contributed by atoms with Gasteiger partial charge in [-0.1, -0.05) is 6.08 Å². The Morgan fingerprint density at radius 2 is 2.08 bits per heavy atom. The molecule has 5 nitrogen and oxygen atoms in total. The fourth-order valence-electron chi connectivity index (χ4n) is 3.28. The molecule has 2 heterocycles. The van der Waals surface area contributed by atoms with Gasteiger partial charge in [0, 0.05) is 11.6 Å². The van der Waals surface area contributed by atoms with Gasteiger partial charge in [0.25, 0.3) is 0 Å². The Hall–Kier alpha value is -2.08. The third-order valence-corrected chi connectivity index (χ3v) is 4.33. The predicted molar refractivity (Wildman–Crippen MR) is 92.0 cm³/mol. The number of carbonyl (C=O) groups is 1. The highest BCUT2D eigenvalue weighted by molar-refractivity contribution is 5.75. The van der Waals surface area contributed by atoms with Crippen LogP contribution >= 0.6 is 0 Å². The number of hydrogen-bond donors (Lipinski definition) is 0. The highest BCUT2D eigenvalue weighted by Crippen LogP contribution is 2.35. The number of amides is 1. The average molecular weight is 349 g/mol. The first-order valence-corrected chi connectivity index (χ1v) is 8.42. The second-order valence-corrected chi connectivity index (χ2v) is 7.39. The molecule has 1 aromatic carbocycles. The monoisotopic (exact) mass is 349 g/mol. The molecular formula is C19H24FNO4. The van der Waals surface area contributed by atoms with Gasteiger partial charge in [-0.15, -0.1) is 0 Å². The van der Waals surface area contributed by atoms with E-state index in [4.69, 9.17) is 14.2 Å². The minimum atomic E-state index is -0.557. The van der Waals surface area contributed by atoms with Crippen LogP contribution in [0.2, 0.25) is 0 Å². The molecule has 2 atom stereocenters. The van der Waals surface area contributed by atoms with Crippen molar-refractivity contribution in [3.8, 4) is 5.75 Å². The van der Waals surface area contributed by atoms with Crippen LogP contribution in [0.1, 0.15) is 32.8 Å². The van der Waals surface area contributed by atoms with Crippen LogP contribution < -0.4 is 4.74 Å². The molecule has 0 radical (unpaired) electrons. The lowest BCUT2D eigenvalue weighted by Gasteiger charge is -2.44. The fraction of sp³-hybridized carbons (Fsp3) is 0.526. The molecule has 1 amide bonds. The van der Waals surface area contributed by atoms with E-state index in [1.165, 1.54) is 13.2 Å². The molecular weight excluding hydrogens is 325 g/mol. The Morgan fingerprint density at radius 1 is 1.32 bits per heavy atom. The lowest BCUT2D eigenvalue weighted by atomic mass is 9.90. The van der Waals surface area contributed by atoms with E-state index in [1.807, 2.05) is 26.8 Å². The maximum Gasteiger partial charge on any atom is 0.411 e. The Morgan fingerprint density at radius 3 is 2.68 bits per heavy atom. The molecule has 1 fully saturated rings. The molecule has 0 aromatic heterocycles. The van der Waals surface area contributed by atoms with Gasteiger partial charge >= 0.3 is 6.09 Å². The quantitative estimate of drug-likeness (QED) is 0.818. The van der Waals surface area contributed by atoms with Crippen LogP contribution in [0.25, 0.3) is 5.57 Å². The average Bonchev–Trinajstić information content (AvgIpc) is 2.51. The van der Waals surface area contributed by atoms with Crippen molar-refractivity contribution in [2.24, 2.45) is 0 Å². The smallest absolute Gasteiger partial charge is 0.411 e. The molecule has 3 rings (SSSR count). The molecule has 2 bridgehead atoms. The second-order valence-electron chi connectivity index (χ2n) is 7.39. The largest absolute Gasteiger partial charge is 0.497 e. The molecule has 0 N–H and O–H groups in total. The first-order chi connectivity index (χ1) is 11.8. The van der Waals surface area contributed by atoms with Gasteiger partial charge in [-0.3, -0.25) is 4.90 Å². The van der Waals surface area contributed by atoms with E-state index in [2.05, 4.69) is 0 Å². The molecule has 0 spiro atoms. The van der Waals surface area contributed by atoms with E-state index in [-0.39, 0.29) is 24.0 Å². The molecule has 25 heavy (non-hydrogen) atoms. The summed E-state index contributed by atoms with van der Waals surface area (Å²) in [6.07, 6.45) is 2.08. The minimum absolute atomic E-state index is 0.157. The summed E-state index contributed by atoms with van der Waals surface area (Å²) in [6, 6.07) is 4.43. The summed E-state index contributed by atoms with van der Waals surface area (Å²) in [5.41, 5.74) is 0.873. The summed E-state index contributed by atoms with van der Waals surface area (Å²) >= 11 is 0. The molecule has 1 saturated heterocycles. The number of carbonyl (C=O) groups excluding carboxylic acids is 1. The zero-order valence-corrected chi connectivity index (χ0v) is 15.0. The van der Waals surface area contributed by atoms with E-state index in [9.17, 15) is 9.18 Å². The molecule has 1 aromatic rings. The summed E-state index contributed by atoms with van der Waals surface area (Å²) in [5.74, 6) is 0.159. The lowest BCUT2D eigenvalue weighted by molar-refractivity contribution is -0.0510. The number of benzene rings is 1. The van der Waals surface area contributed by atoms with Crippen LogP contribution in [-0.4, -0.2) is 49.0 Å². The maximum absolute atomic E-state index is 14.4. The summed E-state index contributed by atoms with van der Waals surface area (Å²) in [5, 5.41) is 0. The molecule has 6 heteroatoms. The molecule has 0 saturated carbocycles. The van der Waals surface area contributed by atoms with Crippen molar-refractivity contribution in [3.05, 3.63) is 35.7 Å². The van der Waals surface area contributed by atoms with Crippen molar-refractivity contribution in [1.29, 1.82) is 0 Å². The van der Waals surface area contributed by atoms with Crippen LogP contribution in [0.5, 0.6) is 5.75 Å². The van der Waals surface area contributed by atoms with Crippen molar-refractivity contribution < 1.29 is 23.4 Å². The van der Waals surface area contributed by atoms with E-state index in [0.29, 0.717) is 30.9 Å². The number of ether oxygens (including phenoxy) is 3. The van der Waals surface area contributed by atoms with Gasteiger partial charge in [-0.2, -0.15) is 0 Å². The highest BCUT2D eigenvalue weighted by Gasteiger charge is 2.40. The van der Waals surface area contributed by atoms with Crippen molar-refractivity contribution in [2.45, 2.75) is 44.9 Å². The van der Waals surface area contributed by atoms with Gasteiger partial charge < -0.3 is 14.2 Å². The fourth-order valence-corrected chi connectivity index (χ4v) is 3.28. The van der Waals surface area contributed by atoms with Gasteiger partial charge in [0.15, 0.2) is 0 Å². The number of nitrogens with zero attached hydrogens (tertiary/aromatic N) is 1. The van der Waals surface area contributed by atoms with Crippen molar-refractivity contribution >= 4 is 11.7 Å². The van der Waals surface area contributed by atoms with Crippen LogP contribution in [0.3, 0.4) is 0 Å². The van der Waals surface area contributed by atoms with E-state index >= 15 is 0 Å². The SMILES string of the molecule is COc1ccc(C2=CC3COCC(C2)N3C(=O)OC(C)(C)C)c(F)c1. The normalized spacial score (nSPS) is 23.1. The van der Waals surface area contributed by atoms with Crippen LogP contribution in [-0.2, 0) is 9.47 Å². The van der Waals surface area contributed by atoms with Crippen LogP contribution in [0, 0.1) is 5.82 Å².